The van der Waals surface area contributed by atoms with Gasteiger partial charge in [-0.25, -0.2) is 0 Å². The lowest BCUT2D eigenvalue weighted by Crippen LogP contribution is -2.33. The average Bonchev–Trinajstić information content (AvgIpc) is 3.08. The molecule has 0 bridgehead atoms. The molecule has 2 rings (SSSR count). The molecule has 1 atom stereocenters. The Morgan fingerprint density at radius 1 is 1.29 bits per heavy atom. The van der Waals surface area contributed by atoms with Crippen molar-refractivity contribution >= 4 is 11.6 Å². The minimum atomic E-state index is 0.522. The van der Waals surface area contributed by atoms with Crippen LogP contribution < -0.4 is 25.4 Å². The first kappa shape index (κ1) is 18.2. The van der Waals surface area contributed by atoms with Crippen molar-refractivity contribution in [2.45, 2.75) is 26.2 Å². The molecule has 134 valence electrons. The second-order valence-electron chi connectivity index (χ2n) is 6.18. The molecule has 1 fully saturated rings. The van der Waals surface area contributed by atoms with E-state index in [2.05, 4.69) is 34.3 Å². The van der Waals surface area contributed by atoms with Crippen LogP contribution in [-0.4, -0.2) is 46.4 Å². The molecule has 6 heteroatoms. The minimum absolute atomic E-state index is 0.522. The zero-order chi connectivity index (χ0) is 17.4. The van der Waals surface area contributed by atoms with Crippen molar-refractivity contribution in [2.75, 3.05) is 45.3 Å². The van der Waals surface area contributed by atoms with Gasteiger partial charge in [-0.2, -0.15) is 0 Å². The molecule has 0 saturated carbocycles. The number of hydrogen-bond donors (Lipinski definition) is 2. The maximum atomic E-state index is 5.91. The lowest BCUT2D eigenvalue weighted by Gasteiger charge is -2.20. The predicted molar refractivity (Wildman–Crippen MR) is 99.3 cm³/mol. The van der Waals surface area contributed by atoms with Crippen LogP contribution >= 0.6 is 0 Å². The summed E-state index contributed by atoms with van der Waals surface area (Å²) in [6, 6.07) is 5.99. The highest BCUT2D eigenvalue weighted by Crippen LogP contribution is 2.31. The van der Waals surface area contributed by atoms with Crippen molar-refractivity contribution in [2.24, 2.45) is 16.6 Å². The molecule has 1 saturated heterocycles. The van der Waals surface area contributed by atoms with Crippen molar-refractivity contribution in [3.05, 3.63) is 18.2 Å². The van der Waals surface area contributed by atoms with E-state index >= 15 is 0 Å². The summed E-state index contributed by atoms with van der Waals surface area (Å²) in [4.78, 5) is 6.83. The van der Waals surface area contributed by atoms with Gasteiger partial charge in [0.25, 0.3) is 0 Å². The fourth-order valence-corrected chi connectivity index (χ4v) is 2.87. The molecule has 0 amide bonds. The third kappa shape index (κ3) is 5.22. The van der Waals surface area contributed by atoms with Crippen LogP contribution in [0, 0.1) is 5.92 Å². The summed E-state index contributed by atoms with van der Waals surface area (Å²) in [6.45, 7) is 5.81. The van der Waals surface area contributed by atoms with E-state index < -0.39 is 0 Å². The third-order valence-corrected chi connectivity index (χ3v) is 4.34. The molecular weight excluding hydrogens is 304 g/mol. The molecule has 6 nitrogen and oxygen atoms in total. The summed E-state index contributed by atoms with van der Waals surface area (Å²) < 4.78 is 10.7. The van der Waals surface area contributed by atoms with Gasteiger partial charge in [0, 0.05) is 50.1 Å². The molecule has 3 N–H and O–H groups in total. The fraction of sp³-hybridized carbons (Fsp3) is 0.611. The highest BCUT2D eigenvalue weighted by molar-refractivity contribution is 5.77. The van der Waals surface area contributed by atoms with Crippen molar-refractivity contribution in [1.82, 2.24) is 5.32 Å². The standard InChI is InChI=1S/C18H30N4O2/c1-4-5-7-20-18(19)21-12-14-6-8-22(13-14)15-9-16(23-2)11-17(10-15)24-3/h9-11,14H,4-8,12-13H2,1-3H3,(H3,19,20,21). The van der Waals surface area contributed by atoms with Gasteiger partial charge in [0.15, 0.2) is 5.96 Å². The van der Waals surface area contributed by atoms with Crippen LogP contribution in [0.5, 0.6) is 11.5 Å². The van der Waals surface area contributed by atoms with Crippen molar-refractivity contribution in [3.8, 4) is 11.5 Å². The van der Waals surface area contributed by atoms with E-state index in [-0.39, 0.29) is 0 Å². The van der Waals surface area contributed by atoms with E-state index in [4.69, 9.17) is 15.2 Å². The van der Waals surface area contributed by atoms with Gasteiger partial charge >= 0.3 is 0 Å². The topological polar surface area (TPSA) is 72.1 Å². The molecule has 1 unspecified atom stereocenters. The van der Waals surface area contributed by atoms with Gasteiger partial charge in [0.05, 0.1) is 14.2 Å². The second-order valence-corrected chi connectivity index (χ2v) is 6.18. The predicted octanol–water partition coefficient (Wildman–Crippen LogP) is 2.23. The SMILES string of the molecule is CCCCNC(N)=NCC1CCN(c2cc(OC)cc(OC)c2)C1. The van der Waals surface area contributed by atoms with Crippen LogP contribution in [0.15, 0.2) is 23.2 Å². The zero-order valence-electron chi connectivity index (χ0n) is 15.0. The molecule has 24 heavy (non-hydrogen) atoms. The molecule has 0 spiro atoms. The lowest BCUT2D eigenvalue weighted by atomic mass is 10.1. The molecule has 1 aromatic carbocycles. The molecule has 1 heterocycles. The van der Waals surface area contributed by atoms with Crippen LogP contribution in [0.2, 0.25) is 0 Å². The maximum Gasteiger partial charge on any atom is 0.188 e. The summed E-state index contributed by atoms with van der Waals surface area (Å²) in [5.74, 6) is 2.71. The van der Waals surface area contributed by atoms with E-state index in [0.29, 0.717) is 11.9 Å². The number of guanidine groups is 1. The van der Waals surface area contributed by atoms with Gasteiger partial charge < -0.3 is 25.4 Å². The van der Waals surface area contributed by atoms with Gasteiger partial charge in [-0.3, -0.25) is 4.99 Å². The summed E-state index contributed by atoms with van der Waals surface area (Å²) >= 11 is 0. The van der Waals surface area contributed by atoms with Crippen LogP contribution in [-0.2, 0) is 0 Å². The Morgan fingerprint density at radius 3 is 2.62 bits per heavy atom. The Bertz CT molecular complexity index is 526. The zero-order valence-corrected chi connectivity index (χ0v) is 15.0. The largest absolute Gasteiger partial charge is 0.497 e. The molecule has 1 aromatic rings. The lowest BCUT2D eigenvalue weighted by molar-refractivity contribution is 0.394. The molecule has 0 aromatic heterocycles. The van der Waals surface area contributed by atoms with Crippen LogP contribution in [0.4, 0.5) is 5.69 Å². The number of nitrogens with zero attached hydrogens (tertiary/aromatic N) is 2. The summed E-state index contributed by atoms with van der Waals surface area (Å²) in [6.07, 6.45) is 3.39. The van der Waals surface area contributed by atoms with Gasteiger partial charge in [-0.05, 0) is 18.8 Å². The van der Waals surface area contributed by atoms with Gasteiger partial charge in [-0.15, -0.1) is 0 Å². The Balaban J connectivity index is 1.90. The summed E-state index contributed by atoms with van der Waals surface area (Å²) in [5, 5.41) is 3.16. The average molecular weight is 334 g/mol. The highest BCUT2D eigenvalue weighted by atomic mass is 16.5. The normalized spacial score (nSPS) is 17.9. The van der Waals surface area contributed by atoms with Crippen molar-refractivity contribution in [3.63, 3.8) is 0 Å². The molecular formula is C18H30N4O2. The second kappa shape index (κ2) is 9.25. The first-order valence-corrected chi connectivity index (χ1v) is 8.68. The van der Waals surface area contributed by atoms with Crippen LogP contribution in [0.3, 0.4) is 0 Å². The number of rotatable bonds is 8. The third-order valence-electron chi connectivity index (χ3n) is 4.34. The Morgan fingerprint density at radius 2 is 2.00 bits per heavy atom. The maximum absolute atomic E-state index is 5.91. The van der Waals surface area contributed by atoms with E-state index in [0.717, 1.165) is 62.6 Å². The number of methoxy groups -OCH3 is 2. The molecule has 1 aliphatic heterocycles. The van der Waals surface area contributed by atoms with E-state index in [9.17, 15) is 0 Å². The molecule has 0 aliphatic carbocycles. The fourth-order valence-electron chi connectivity index (χ4n) is 2.87. The van der Waals surface area contributed by atoms with Crippen LogP contribution in [0.1, 0.15) is 26.2 Å². The minimum Gasteiger partial charge on any atom is -0.497 e. The Labute approximate surface area is 145 Å². The smallest absolute Gasteiger partial charge is 0.188 e. The number of nitrogens with two attached hydrogens (primary N) is 1. The van der Waals surface area contributed by atoms with Gasteiger partial charge in [-0.1, -0.05) is 13.3 Å². The first-order valence-electron chi connectivity index (χ1n) is 8.68. The van der Waals surface area contributed by atoms with Gasteiger partial charge in [0.2, 0.25) is 0 Å². The number of hydrogen-bond acceptors (Lipinski definition) is 4. The molecule has 0 radical (unpaired) electrons. The van der Waals surface area contributed by atoms with E-state index in [1.165, 1.54) is 0 Å². The number of aliphatic imine (C=N–C) groups is 1. The quantitative estimate of drug-likeness (QED) is 0.433. The number of nitrogens with one attached hydrogen (secondary N) is 1. The van der Waals surface area contributed by atoms with E-state index in [1.54, 1.807) is 14.2 Å². The number of benzene rings is 1. The van der Waals surface area contributed by atoms with Crippen molar-refractivity contribution in [1.29, 1.82) is 0 Å². The number of ether oxygens (including phenoxy) is 2. The number of anilines is 1. The van der Waals surface area contributed by atoms with Crippen LogP contribution in [0.25, 0.3) is 0 Å². The first-order chi connectivity index (χ1) is 11.7. The highest BCUT2D eigenvalue weighted by Gasteiger charge is 2.23. The number of unbranched alkanes of at least 4 members (excludes halogenated alkanes) is 1. The van der Waals surface area contributed by atoms with Gasteiger partial charge in [0.1, 0.15) is 11.5 Å². The Kier molecular flexibility index (Phi) is 7.03. The monoisotopic (exact) mass is 334 g/mol. The van der Waals surface area contributed by atoms with Crippen molar-refractivity contribution < 1.29 is 9.47 Å². The summed E-state index contributed by atoms with van der Waals surface area (Å²) in [7, 11) is 3.35. The Hall–Kier alpha value is -2.11. The molecule has 1 aliphatic rings. The summed E-state index contributed by atoms with van der Waals surface area (Å²) in [5.41, 5.74) is 7.04. The van der Waals surface area contributed by atoms with E-state index in [1.807, 2.05) is 6.07 Å².